The van der Waals surface area contributed by atoms with Crippen LogP contribution in [-0.2, 0) is 11.3 Å². The van der Waals surface area contributed by atoms with Crippen LogP contribution in [-0.4, -0.2) is 42.5 Å². The zero-order valence-corrected chi connectivity index (χ0v) is 18.2. The van der Waals surface area contributed by atoms with Gasteiger partial charge in [0, 0.05) is 25.7 Å². The van der Waals surface area contributed by atoms with E-state index in [4.69, 9.17) is 4.74 Å². The van der Waals surface area contributed by atoms with E-state index in [1.807, 2.05) is 18.2 Å². The van der Waals surface area contributed by atoms with Gasteiger partial charge in [-0.2, -0.15) is 0 Å². The lowest BCUT2D eigenvalue weighted by atomic mass is 10.1. The first kappa shape index (κ1) is 22.5. The van der Waals surface area contributed by atoms with E-state index in [2.05, 4.69) is 27.7 Å². The summed E-state index contributed by atoms with van der Waals surface area (Å²) in [6.07, 6.45) is 0.868. The average Bonchev–Trinajstić information content (AvgIpc) is 3.26. The van der Waals surface area contributed by atoms with Crippen molar-refractivity contribution in [1.82, 2.24) is 10.2 Å². The Hall–Kier alpha value is -3.71. The molecule has 0 saturated carbocycles. The molecule has 3 aromatic carbocycles. The van der Waals surface area contributed by atoms with Crippen LogP contribution in [0, 0.1) is 5.82 Å². The molecule has 0 radical (unpaired) electrons. The minimum Gasteiger partial charge on any atom is -0.483 e. The number of rotatable bonds is 8. The summed E-state index contributed by atoms with van der Waals surface area (Å²) in [5.74, 6) is -0.976. The SMILES string of the molecule is O=C(COc1ccccc1C(=O)NC1CCN(Cc2ccccc2)C1)Nc1ccccc1F. The van der Waals surface area contributed by atoms with Crippen molar-refractivity contribution in [2.45, 2.75) is 19.0 Å². The lowest BCUT2D eigenvalue weighted by Gasteiger charge is -2.17. The topological polar surface area (TPSA) is 70.7 Å². The average molecular weight is 448 g/mol. The van der Waals surface area contributed by atoms with Gasteiger partial charge in [-0.05, 0) is 36.2 Å². The number of anilines is 1. The van der Waals surface area contributed by atoms with E-state index in [1.165, 1.54) is 17.7 Å². The number of hydrogen-bond acceptors (Lipinski definition) is 4. The van der Waals surface area contributed by atoms with E-state index in [0.717, 1.165) is 26.1 Å². The van der Waals surface area contributed by atoms with Crippen molar-refractivity contribution in [2.24, 2.45) is 0 Å². The number of para-hydroxylation sites is 2. The molecule has 33 heavy (non-hydrogen) atoms. The van der Waals surface area contributed by atoms with Crippen LogP contribution in [0.15, 0.2) is 78.9 Å². The van der Waals surface area contributed by atoms with E-state index in [9.17, 15) is 14.0 Å². The van der Waals surface area contributed by atoms with Gasteiger partial charge in [0.25, 0.3) is 11.8 Å². The first-order chi connectivity index (χ1) is 16.1. The van der Waals surface area contributed by atoms with Gasteiger partial charge in [0.15, 0.2) is 6.61 Å². The van der Waals surface area contributed by atoms with Crippen LogP contribution >= 0.6 is 0 Å². The number of nitrogens with zero attached hydrogens (tertiary/aromatic N) is 1. The molecule has 0 aromatic heterocycles. The van der Waals surface area contributed by atoms with Crippen molar-refractivity contribution >= 4 is 17.5 Å². The summed E-state index contributed by atoms with van der Waals surface area (Å²) in [6, 6.07) is 23.0. The molecule has 1 aliphatic rings. The number of benzene rings is 3. The fraction of sp³-hybridized carbons (Fsp3) is 0.231. The largest absolute Gasteiger partial charge is 0.483 e. The molecule has 1 fully saturated rings. The minimum atomic E-state index is -0.525. The molecule has 1 atom stereocenters. The number of carbonyl (C=O) groups excluding carboxylic acids is 2. The van der Waals surface area contributed by atoms with Crippen LogP contribution in [0.4, 0.5) is 10.1 Å². The number of nitrogens with one attached hydrogen (secondary N) is 2. The summed E-state index contributed by atoms with van der Waals surface area (Å²) in [6.45, 7) is 2.19. The Morgan fingerprint density at radius 3 is 2.52 bits per heavy atom. The standard InChI is InChI=1S/C26H26FN3O3/c27-22-11-5-6-12-23(22)29-25(31)18-33-24-13-7-4-10-21(24)26(32)28-20-14-15-30(17-20)16-19-8-2-1-3-9-19/h1-13,20H,14-18H2,(H,28,32)(H,29,31). The Labute approximate surface area is 192 Å². The maximum atomic E-state index is 13.7. The lowest BCUT2D eigenvalue weighted by Crippen LogP contribution is -2.37. The monoisotopic (exact) mass is 447 g/mol. The smallest absolute Gasteiger partial charge is 0.262 e. The van der Waals surface area contributed by atoms with Crippen LogP contribution in [0.2, 0.25) is 0 Å². The molecule has 1 heterocycles. The van der Waals surface area contributed by atoms with Crippen molar-refractivity contribution in [3.63, 3.8) is 0 Å². The molecule has 170 valence electrons. The Bertz CT molecular complexity index is 1110. The highest BCUT2D eigenvalue weighted by molar-refractivity contribution is 5.97. The Morgan fingerprint density at radius 2 is 1.70 bits per heavy atom. The second-order valence-corrected chi connectivity index (χ2v) is 7.99. The van der Waals surface area contributed by atoms with Crippen LogP contribution in [0.25, 0.3) is 0 Å². The molecule has 1 aliphatic heterocycles. The van der Waals surface area contributed by atoms with Crippen LogP contribution in [0.1, 0.15) is 22.3 Å². The predicted octanol–water partition coefficient (Wildman–Crippen LogP) is 3.85. The van der Waals surface area contributed by atoms with Crippen molar-refractivity contribution in [3.05, 3.63) is 95.8 Å². The van der Waals surface area contributed by atoms with Gasteiger partial charge >= 0.3 is 0 Å². The number of ether oxygens (including phenoxy) is 1. The molecule has 0 spiro atoms. The summed E-state index contributed by atoms with van der Waals surface area (Å²) < 4.78 is 19.3. The zero-order valence-electron chi connectivity index (χ0n) is 18.2. The molecule has 4 rings (SSSR count). The Morgan fingerprint density at radius 1 is 0.970 bits per heavy atom. The maximum absolute atomic E-state index is 13.7. The highest BCUT2D eigenvalue weighted by atomic mass is 19.1. The molecular formula is C26H26FN3O3. The van der Waals surface area contributed by atoms with Gasteiger partial charge in [-0.15, -0.1) is 0 Å². The van der Waals surface area contributed by atoms with Crippen LogP contribution in [0.5, 0.6) is 5.75 Å². The second-order valence-electron chi connectivity index (χ2n) is 7.99. The minimum absolute atomic E-state index is 0.0404. The zero-order chi connectivity index (χ0) is 23.0. The summed E-state index contributed by atoms with van der Waals surface area (Å²) >= 11 is 0. The Kier molecular flexibility index (Phi) is 7.32. The van der Waals surface area contributed by atoms with Gasteiger partial charge in [-0.25, -0.2) is 4.39 Å². The number of hydrogen-bond donors (Lipinski definition) is 2. The molecule has 3 aromatic rings. The summed E-state index contributed by atoms with van der Waals surface area (Å²) in [5, 5.41) is 5.54. The molecular weight excluding hydrogens is 421 g/mol. The van der Waals surface area contributed by atoms with Crippen molar-refractivity contribution < 1.29 is 18.7 Å². The molecule has 7 heteroatoms. The first-order valence-corrected chi connectivity index (χ1v) is 10.9. The van der Waals surface area contributed by atoms with E-state index in [1.54, 1.807) is 36.4 Å². The van der Waals surface area contributed by atoms with Gasteiger partial charge in [0.05, 0.1) is 11.3 Å². The molecule has 2 N–H and O–H groups in total. The molecule has 2 amide bonds. The van der Waals surface area contributed by atoms with Crippen LogP contribution < -0.4 is 15.4 Å². The number of likely N-dealkylation sites (tertiary alicyclic amines) is 1. The third-order valence-electron chi connectivity index (χ3n) is 5.49. The van der Waals surface area contributed by atoms with Gasteiger partial charge in [0.1, 0.15) is 11.6 Å². The number of carbonyl (C=O) groups is 2. The number of amides is 2. The van der Waals surface area contributed by atoms with Crippen LogP contribution in [0.3, 0.4) is 0 Å². The molecule has 0 aliphatic carbocycles. The summed E-state index contributed by atoms with van der Waals surface area (Å²) in [4.78, 5) is 27.4. The fourth-order valence-corrected chi connectivity index (χ4v) is 3.87. The second kappa shape index (κ2) is 10.7. The quantitative estimate of drug-likeness (QED) is 0.550. The highest BCUT2D eigenvalue weighted by Gasteiger charge is 2.25. The van der Waals surface area contributed by atoms with E-state index < -0.39 is 11.7 Å². The van der Waals surface area contributed by atoms with E-state index >= 15 is 0 Å². The number of halogens is 1. The fourth-order valence-electron chi connectivity index (χ4n) is 3.87. The van der Waals surface area contributed by atoms with E-state index in [0.29, 0.717) is 11.3 Å². The lowest BCUT2D eigenvalue weighted by molar-refractivity contribution is -0.118. The summed E-state index contributed by atoms with van der Waals surface area (Å²) in [7, 11) is 0. The van der Waals surface area contributed by atoms with Crippen molar-refractivity contribution in [1.29, 1.82) is 0 Å². The maximum Gasteiger partial charge on any atom is 0.262 e. The van der Waals surface area contributed by atoms with Gasteiger partial charge in [0.2, 0.25) is 0 Å². The molecule has 1 unspecified atom stereocenters. The van der Waals surface area contributed by atoms with Crippen molar-refractivity contribution in [3.8, 4) is 5.75 Å². The van der Waals surface area contributed by atoms with Gasteiger partial charge in [-0.3, -0.25) is 14.5 Å². The third kappa shape index (κ3) is 6.17. The molecule has 0 bridgehead atoms. The highest BCUT2D eigenvalue weighted by Crippen LogP contribution is 2.20. The van der Waals surface area contributed by atoms with Gasteiger partial charge < -0.3 is 15.4 Å². The van der Waals surface area contributed by atoms with E-state index in [-0.39, 0.29) is 24.2 Å². The van der Waals surface area contributed by atoms with Crippen molar-refractivity contribution in [2.75, 3.05) is 25.0 Å². The molecule has 6 nitrogen and oxygen atoms in total. The third-order valence-corrected chi connectivity index (χ3v) is 5.49. The Balaban J connectivity index is 1.31. The van der Waals surface area contributed by atoms with Gasteiger partial charge in [-0.1, -0.05) is 54.6 Å². The summed E-state index contributed by atoms with van der Waals surface area (Å²) in [5.41, 5.74) is 1.69. The predicted molar refractivity (Wildman–Crippen MR) is 125 cm³/mol. The first-order valence-electron chi connectivity index (χ1n) is 10.9. The molecule has 1 saturated heterocycles. The normalized spacial score (nSPS) is 15.7.